The lowest BCUT2D eigenvalue weighted by atomic mass is 10.3. The third-order valence-corrected chi connectivity index (χ3v) is 1.33. The van der Waals surface area contributed by atoms with Crippen LogP contribution in [-0.2, 0) is 4.74 Å². The molecule has 0 amide bonds. The van der Waals surface area contributed by atoms with Gasteiger partial charge < -0.3 is 9.84 Å². The molecular formula is C7H7N3O3. The zero-order valence-corrected chi connectivity index (χ0v) is 6.87. The van der Waals surface area contributed by atoms with Gasteiger partial charge in [-0.2, -0.15) is 10.4 Å². The van der Waals surface area contributed by atoms with E-state index < -0.39 is 11.7 Å². The Bertz CT molecular complexity index is 364. The molecule has 13 heavy (non-hydrogen) atoms. The normalized spacial score (nSPS) is 9.23. The van der Waals surface area contributed by atoms with Crippen molar-refractivity contribution in [2.24, 2.45) is 0 Å². The van der Waals surface area contributed by atoms with Crippen molar-refractivity contribution >= 4 is 5.97 Å². The number of nitrogens with zero attached hydrogens (tertiary/aromatic N) is 2. The van der Waals surface area contributed by atoms with E-state index in [1.165, 1.54) is 0 Å². The lowest BCUT2D eigenvalue weighted by Gasteiger charge is -1.97. The molecule has 0 aromatic carbocycles. The number of ether oxygens (including phenoxy) is 1. The molecule has 0 aliphatic carbocycles. The number of hydrogen-bond acceptors (Lipinski definition) is 5. The van der Waals surface area contributed by atoms with Crippen LogP contribution in [0.4, 0.5) is 0 Å². The lowest BCUT2D eigenvalue weighted by molar-refractivity contribution is 0.0516. The Morgan fingerprint density at radius 3 is 3.00 bits per heavy atom. The summed E-state index contributed by atoms with van der Waals surface area (Å²) in [4.78, 5) is 11.0. The van der Waals surface area contributed by atoms with Crippen molar-refractivity contribution in [3.63, 3.8) is 0 Å². The van der Waals surface area contributed by atoms with Gasteiger partial charge in [-0.1, -0.05) is 0 Å². The lowest BCUT2D eigenvalue weighted by Crippen LogP contribution is -2.05. The van der Waals surface area contributed by atoms with Crippen LogP contribution < -0.4 is 0 Å². The van der Waals surface area contributed by atoms with Crippen LogP contribution in [0.1, 0.15) is 23.1 Å². The van der Waals surface area contributed by atoms with Crippen LogP contribution in [0.15, 0.2) is 0 Å². The Kier molecular flexibility index (Phi) is 2.50. The molecule has 6 nitrogen and oxygen atoms in total. The first-order valence-electron chi connectivity index (χ1n) is 3.55. The number of aromatic amines is 1. The standard InChI is InChI=1S/C7H7N3O3/c1-2-13-7(12)5-6(11)4(3-8)9-10-5/h11H,2H2,1H3,(H,9,10). The zero-order chi connectivity index (χ0) is 9.84. The average molecular weight is 181 g/mol. The Labute approximate surface area is 73.8 Å². The molecular weight excluding hydrogens is 174 g/mol. The van der Waals surface area contributed by atoms with Crippen molar-refractivity contribution in [1.29, 1.82) is 5.26 Å². The number of carbonyl (C=O) groups is 1. The number of H-pyrrole nitrogens is 1. The minimum atomic E-state index is -0.728. The fourth-order valence-corrected chi connectivity index (χ4v) is 0.760. The molecule has 0 spiro atoms. The molecule has 0 aliphatic rings. The molecule has 68 valence electrons. The first-order valence-corrected chi connectivity index (χ1v) is 3.55. The first kappa shape index (κ1) is 9.06. The highest BCUT2D eigenvalue weighted by molar-refractivity contribution is 5.90. The Morgan fingerprint density at radius 2 is 2.54 bits per heavy atom. The van der Waals surface area contributed by atoms with E-state index in [9.17, 15) is 9.90 Å². The molecule has 0 saturated heterocycles. The van der Waals surface area contributed by atoms with Crippen LogP contribution in [-0.4, -0.2) is 27.9 Å². The van der Waals surface area contributed by atoms with E-state index in [1.54, 1.807) is 13.0 Å². The number of esters is 1. The third-order valence-electron chi connectivity index (χ3n) is 1.33. The summed E-state index contributed by atoms with van der Waals surface area (Å²) >= 11 is 0. The van der Waals surface area contributed by atoms with Crippen molar-refractivity contribution in [1.82, 2.24) is 10.2 Å². The largest absolute Gasteiger partial charge is 0.503 e. The van der Waals surface area contributed by atoms with Crippen molar-refractivity contribution in [3.05, 3.63) is 11.4 Å². The smallest absolute Gasteiger partial charge is 0.360 e. The molecule has 0 saturated carbocycles. The molecule has 0 radical (unpaired) electrons. The predicted octanol–water partition coefficient (Wildman–Crippen LogP) is 0.164. The minimum Gasteiger partial charge on any atom is -0.503 e. The summed E-state index contributed by atoms with van der Waals surface area (Å²) in [6.45, 7) is 1.83. The van der Waals surface area contributed by atoms with Gasteiger partial charge in [0.05, 0.1) is 6.61 Å². The SMILES string of the molecule is CCOC(=O)c1[nH]nc(C#N)c1O. The molecule has 0 unspecified atom stereocenters. The molecule has 1 aromatic heterocycles. The summed E-state index contributed by atoms with van der Waals surface area (Å²) in [6.07, 6.45) is 0. The maximum atomic E-state index is 11.0. The van der Waals surface area contributed by atoms with Gasteiger partial charge in [-0.25, -0.2) is 4.79 Å². The Hall–Kier alpha value is -2.03. The fourth-order valence-electron chi connectivity index (χ4n) is 0.760. The van der Waals surface area contributed by atoms with Gasteiger partial charge in [0.2, 0.25) is 5.69 Å². The van der Waals surface area contributed by atoms with Crippen molar-refractivity contribution in [2.75, 3.05) is 6.61 Å². The summed E-state index contributed by atoms with van der Waals surface area (Å²) in [5.41, 5.74) is -0.415. The summed E-state index contributed by atoms with van der Waals surface area (Å²) in [5, 5.41) is 23.2. The van der Waals surface area contributed by atoms with Gasteiger partial charge in [-0.15, -0.1) is 0 Å². The molecule has 0 atom stereocenters. The minimum absolute atomic E-state index is 0.194. The summed E-state index contributed by atoms with van der Waals surface area (Å²) < 4.78 is 4.59. The van der Waals surface area contributed by atoms with Crippen molar-refractivity contribution in [3.8, 4) is 11.8 Å². The van der Waals surface area contributed by atoms with Gasteiger partial charge in [0.1, 0.15) is 6.07 Å². The van der Waals surface area contributed by atoms with Crippen LogP contribution >= 0.6 is 0 Å². The monoisotopic (exact) mass is 181 g/mol. The molecule has 0 fully saturated rings. The molecule has 1 heterocycles. The average Bonchev–Trinajstić information content (AvgIpc) is 2.47. The van der Waals surface area contributed by atoms with Crippen LogP contribution in [0.5, 0.6) is 5.75 Å². The zero-order valence-electron chi connectivity index (χ0n) is 6.87. The second-order valence-corrected chi connectivity index (χ2v) is 2.13. The van der Waals surface area contributed by atoms with Crippen molar-refractivity contribution < 1.29 is 14.6 Å². The van der Waals surface area contributed by atoms with Crippen LogP contribution in [0.2, 0.25) is 0 Å². The highest BCUT2D eigenvalue weighted by Gasteiger charge is 2.18. The second kappa shape index (κ2) is 3.58. The van der Waals surface area contributed by atoms with Gasteiger partial charge in [0.15, 0.2) is 11.4 Å². The van der Waals surface area contributed by atoms with E-state index in [0.29, 0.717) is 0 Å². The highest BCUT2D eigenvalue weighted by Crippen LogP contribution is 2.18. The topological polar surface area (TPSA) is 99.0 Å². The number of aromatic nitrogens is 2. The van der Waals surface area contributed by atoms with E-state index in [-0.39, 0.29) is 18.0 Å². The third kappa shape index (κ3) is 1.59. The summed E-state index contributed by atoms with van der Waals surface area (Å²) in [7, 11) is 0. The molecule has 2 N–H and O–H groups in total. The Balaban J connectivity index is 2.97. The van der Waals surface area contributed by atoms with Gasteiger partial charge in [0, 0.05) is 0 Å². The second-order valence-electron chi connectivity index (χ2n) is 2.13. The van der Waals surface area contributed by atoms with Gasteiger partial charge >= 0.3 is 5.97 Å². The maximum absolute atomic E-state index is 11.0. The quantitative estimate of drug-likeness (QED) is 0.633. The van der Waals surface area contributed by atoms with Gasteiger partial charge in [0.25, 0.3) is 0 Å². The number of aromatic hydroxyl groups is 1. The van der Waals surface area contributed by atoms with Crippen LogP contribution in [0.3, 0.4) is 0 Å². The molecule has 1 rings (SSSR count). The highest BCUT2D eigenvalue weighted by atomic mass is 16.5. The number of rotatable bonds is 2. The molecule has 1 aromatic rings. The van der Waals surface area contributed by atoms with E-state index in [0.717, 1.165) is 0 Å². The van der Waals surface area contributed by atoms with Gasteiger partial charge in [-0.05, 0) is 6.92 Å². The van der Waals surface area contributed by atoms with E-state index in [2.05, 4.69) is 14.9 Å². The first-order chi connectivity index (χ1) is 6.20. The molecule has 6 heteroatoms. The van der Waals surface area contributed by atoms with Crippen molar-refractivity contribution in [2.45, 2.75) is 6.92 Å². The van der Waals surface area contributed by atoms with E-state index >= 15 is 0 Å². The number of hydrogen-bond donors (Lipinski definition) is 2. The summed E-state index contributed by atoms with van der Waals surface area (Å²) in [6, 6.07) is 1.61. The molecule has 0 bridgehead atoms. The number of carbonyl (C=O) groups excluding carboxylic acids is 1. The van der Waals surface area contributed by atoms with Crippen LogP contribution in [0, 0.1) is 11.3 Å². The number of nitrogens with one attached hydrogen (secondary N) is 1. The molecule has 0 aliphatic heterocycles. The fraction of sp³-hybridized carbons (Fsp3) is 0.286. The van der Waals surface area contributed by atoms with Crippen LogP contribution in [0.25, 0.3) is 0 Å². The predicted molar refractivity (Wildman–Crippen MR) is 40.9 cm³/mol. The van der Waals surface area contributed by atoms with E-state index in [1.807, 2.05) is 0 Å². The summed E-state index contributed by atoms with van der Waals surface area (Å²) in [5.74, 6) is -1.20. The maximum Gasteiger partial charge on any atom is 0.360 e. The van der Waals surface area contributed by atoms with E-state index in [4.69, 9.17) is 5.26 Å². The number of nitriles is 1. The van der Waals surface area contributed by atoms with Gasteiger partial charge in [-0.3, -0.25) is 5.10 Å². The Morgan fingerprint density at radius 1 is 1.85 bits per heavy atom.